The first-order valence-corrected chi connectivity index (χ1v) is 6.42. The summed E-state index contributed by atoms with van der Waals surface area (Å²) < 4.78 is 6.48. The van der Waals surface area contributed by atoms with E-state index in [0.29, 0.717) is 18.1 Å². The highest BCUT2D eigenvalue weighted by Gasteiger charge is 2.24. The van der Waals surface area contributed by atoms with E-state index in [1.165, 1.54) is 0 Å². The van der Waals surface area contributed by atoms with Gasteiger partial charge in [0.15, 0.2) is 0 Å². The number of nitrogens with zero attached hydrogens (tertiary/aromatic N) is 1. The van der Waals surface area contributed by atoms with Crippen molar-refractivity contribution in [1.82, 2.24) is 4.98 Å². The van der Waals surface area contributed by atoms with E-state index in [2.05, 4.69) is 32.3 Å². The summed E-state index contributed by atoms with van der Waals surface area (Å²) in [6.45, 7) is 0.594. The summed E-state index contributed by atoms with van der Waals surface area (Å²) >= 11 is 3.34. The van der Waals surface area contributed by atoms with Crippen LogP contribution in [-0.2, 0) is 0 Å². The third-order valence-corrected chi connectivity index (χ3v) is 3.33. The van der Waals surface area contributed by atoms with Crippen LogP contribution in [0.3, 0.4) is 0 Å². The molecular weight excluding hydrogens is 294 g/mol. The highest BCUT2D eigenvalue weighted by atomic mass is 79.9. The van der Waals surface area contributed by atoms with Gasteiger partial charge in [-0.3, -0.25) is 0 Å². The van der Waals surface area contributed by atoms with Gasteiger partial charge in [-0.1, -0.05) is 18.2 Å². The molecule has 1 aliphatic heterocycles. The highest BCUT2D eigenvalue weighted by Crippen LogP contribution is 2.34. The van der Waals surface area contributed by atoms with Crippen molar-refractivity contribution in [3.63, 3.8) is 0 Å². The maximum Gasteiger partial charge on any atom is 0.149 e. The molecule has 1 aliphatic rings. The molecule has 1 aromatic heterocycles. The van der Waals surface area contributed by atoms with Gasteiger partial charge in [0.25, 0.3) is 0 Å². The Kier molecular flexibility index (Phi) is 2.83. The van der Waals surface area contributed by atoms with Gasteiger partial charge in [-0.25, -0.2) is 4.98 Å². The maximum absolute atomic E-state index is 5.92. The molecule has 92 valence electrons. The molecule has 0 amide bonds. The van der Waals surface area contributed by atoms with E-state index in [4.69, 9.17) is 10.5 Å². The van der Waals surface area contributed by atoms with Crippen LogP contribution >= 0.6 is 15.9 Å². The number of halogens is 1. The predicted octanol–water partition coefficient (Wildman–Crippen LogP) is 2.97. The Morgan fingerprint density at radius 2 is 2.22 bits per heavy atom. The van der Waals surface area contributed by atoms with Crippen molar-refractivity contribution < 1.29 is 4.74 Å². The van der Waals surface area contributed by atoms with Gasteiger partial charge in [-0.15, -0.1) is 0 Å². The number of ether oxygens (including phenoxy) is 1. The topological polar surface area (TPSA) is 60.2 Å². The molecule has 18 heavy (non-hydrogen) atoms. The smallest absolute Gasteiger partial charge is 0.149 e. The van der Waals surface area contributed by atoms with E-state index in [-0.39, 0.29) is 6.04 Å². The van der Waals surface area contributed by atoms with Crippen molar-refractivity contribution in [2.24, 2.45) is 0 Å². The fourth-order valence-electron chi connectivity index (χ4n) is 2.02. The lowest BCUT2D eigenvalue weighted by Gasteiger charge is -2.14. The van der Waals surface area contributed by atoms with E-state index in [1.54, 1.807) is 6.20 Å². The fraction of sp³-hybridized carbons (Fsp3) is 0.154. The average Bonchev–Trinajstić information content (AvgIpc) is 2.76. The minimum atomic E-state index is 0.0946. The molecular formula is C13H12BrN3O. The summed E-state index contributed by atoms with van der Waals surface area (Å²) in [4.78, 5) is 4.28. The van der Waals surface area contributed by atoms with E-state index < -0.39 is 0 Å². The lowest BCUT2D eigenvalue weighted by molar-refractivity contribution is 0.339. The fourth-order valence-corrected chi connectivity index (χ4v) is 2.37. The van der Waals surface area contributed by atoms with Crippen LogP contribution in [0.1, 0.15) is 11.6 Å². The Morgan fingerprint density at radius 3 is 3.06 bits per heavy atom. The Hall–Kier alpha value is -1.75. The standard InChI is InChI=1S/C13H12BrN3O/c14-8-5-10(15)13(16-6-8)17-11-7-18-12-4-2-1-3-9(11)12/h1-6,11H,7,15H2,(H,16,17). The molecule has 0 saturated carbocycles. The van der Waals surface area contributed by atoms with Crippen molar-refractivity contribution in [3.8, 4) is 5.75 Å². The molecule has 1 atom stereocenters. The van der Waals surface area contributed by atoms with Crippen LogP contribution in [0.25, 0.3) is 0 Å². The highest BCUT2D eigenvalue weighted by molar-refractivity contribution is 9.10. The zero-order valence-electron chi connectivity index (χ0n) is 9.56. The zero-order chi connectivity index (χ0) is 12.5. The van der Waals surface area contributed by atoms with Gasteiger partial charge in [0, 0.05) is 16.2 Å². The van der Waals surface area contributed by atoms with Crippen LogP contribution in [0, 0.1) is 0 Å². The quantitative estimate of drug-likeness (QED) is 0.895. The first kappa shape index (κ1) is 11.3. The molecule has 4 nitrogen and oxygen atoms in total. The second-order valence-corrected chi connectivity index (χ2v) is 5.05. The minimum absolute atomic E-state index is 0.0946. The number of rotatable bonds is 2. The predicted molar refractivity (Wildman–Crippen MR) is 74.7 cm³/mol. The maximum atomic E-state index is 5.92. The minimum Gasteiger partial charge on any atom is -0.491 e. The molecule has 2 aromatic rings. The Labute approximate surface area is 113 Å². The first-order chi connectivity index (χ1) is 8.74. The molecule has 0 bridgehead atoms. The van der Waals surface area contributed by atoms with Gasteiger partial charge in [0.2, 0.25) is 0 Å². The lowest BCUT2D eigenvalue weighted by Crippen LogP contribution is -2.14. The molecule has 2 heterocycles. The number of anilines is 2. The van der Waals surface area contributed by atoms with Crippen LogP contribution in [0.5, 0.6) is 5.75 Å². The lowest BCUT2D eigenvalue weighted by atomic mass is 10.1. The van der Waals surface area contributed by atoms with Gasteiger partial charge in [-0.05, 0) is 28.1 Å². The van der Waals surface area contributed by atoms with E-state index >= 15 is 0 Å². The SMILES string of the molecule is Nc1cc(Br)cnc1NC1COc2ccccc21. The van der Waals surface area contributed by atoms with Gasteiger partial charge in [0.05, 0.1) is 11.7 Å². The van der Waals surface area contributed by atoms with Crippen molar-refractivity contribution in [2.45, 2.75) is 6.04 Å². The molecule has 3 N–H and O–H groups in total. The Balaban J connectivity index is 1.86. The van der Waals surface area contributed by atoms with Gasteiger partial charge in [-0.2, -0.15) is 0 Å². The van der Waals surface area contributed by atoms with E-state index in [9.17, 15) is 0 Å². The molecule has 3 rings (SSSR count). The van der Waals surface area contributed by atoms with Crippen LogP contribution < -0.4 is 15.8 Å². The van der Waals surface area contributed by atoms with Gasteiger partial charge >= 0.3 is 0 Å². The number of benzene rings is 1. The van der Waals surface area contributed by atoms with Crippen LogP contribution in [-0.4, -0.2) is 11.6 Å². The molecule has 0 aliphatic carbocycles. The van der Waals surface area contributed by atoms with E-state index in [1.807, 2.05) is 24.3 Å². The second-order valence-electron chi connectivity index (χ2n) is 4.14. The molecule has 0 spiro atoms. The number of nitrogens with one attached hydrogen (secondary N) is 1. The van der Waals surface area contributed by atoms with Crippen LogP contribution in [0.4, 0.5) is 11.5 Å². The summed E-state index contributed by atoms with van der Waals surface area (Å²) in [6, 6.07) is 9.91. The van der Waals surface area contributed by atoms with Gasteiger partial charge < -0.3 is 15.8 Å². The number of aromatic nitrogens is 1. The van der Waals surface area contributed by atoms with Crippen LogP contribution in [0.2, 0.25) is 0 Å². The first-order valence-electron chi connectivity index (χ1n) is 5.63. The van der Waals surface area contributed by atoms with Crippen molar-refractivity contribution >= 4 is 27.4 Å². The number of pyridine rings is 1. The number of nitrogens with two attached hydrogens (primary N) is 1. The van der Waals surface area contributed by atoms with Crippen molar-refractivity contribution in [3.05, 3.63) is 46.6 Å². The average molecular weight is 306 g/mol. The largest absolute Gasteiger partial charge is 0.491 e. The molecule has 5 heteroatoms. The molecule has 0 radical (unpaired) electrons. The summed E-state index contributed by atoms with van der Waals surface area (Å²) in [5.41, 5.74) is 7.68. The third-order valence-electron chi connectivity index (χ3n) is 2.89. The summed E-state index contributed by atoms with van der Waals surface area (Å²) in [5.74, 6) is 1.61. The normalized spacial score (nSPS) is 17.1. The number of fused-ring (bicyclic) bond motifs is 1. The Bertz CT molecular complexity index is 588. The van der Waals surface area contributed by atoms with Crippen LogP contribution in [0.15, 0.2) is 41.0 Å². The molecule has 0 fully saturated rings. The monoisotopic (exact) mass is 305 g/mol. The van der Waals surface area contributed by atoms with Crippen molar-refractivity contribution in [2.75, 3.05) is 17.7 Å². The molecule has 0 saturated heterocycles. The second kappa shape index (κ2) is 4.49. The summed E-state index contributed by atoms with van der Waals surface area (Å²) in [7, 11) is 0. The number of hydrogen-bond acceptors (Lipinski definition) is 4. The number of hydrogen-bond donors (Lipinski definition) is 2. The summed E-state index contributed by atoms with van der Waals surface area (Å²) in [6.07, 6.45) is 1.72. The van der Waals surface area contributed by atoms with Crippen molar-refractivity contribution in [1.29, 1.82) is 0 Å². The van der Waals surface area contributed by atoms with E-state index in [0.717, 1.165) is 15.8 Å². The number of nitrogen functional groups attached to an aromatic ring is 1. The zero-order valence-corrected chi connectivity index (χ0v) is 11.1. The Morgan fingerprint density at radius 1 is 1.39 bits per heavy atom. The molecule has 1 aromatic carbocycles. The number of para-hydroxylation sites is 1. The van der Waals surface area contributed by atoms with Gasteiger partial charge in [0.1, 0.15) is 18.2 Å². The third kappa shape index (κ3) is 2.01. The summed E-state index contributed by atoms with van der Waals surface area (Å²) in [5, 5.41) is 3.31. The molecule has 1 unspecified atom stereocenters.